The van der Waals surface area contributed by atoms with Gasteiger partial charge in [0.15, 0.2) is 8.32 Å². The van der Waals surface area contributed by atoms with Gasteiger partial charge in [-0.1, -0.05) is 26.8 Å². The largest absolute Gasteiger partial charge is 0.414 e. The Bertz CT molecular complexity index is 243. The molecule has 1 rings (SSSR count). The Morgan fingerprint density at radius 2 is 1.83 bits per heavy atom. The van der Waals surface area contributed by atoms with Crippen LogP contribution < -0.4 is 0 Å². The highest BCUT2D eigenvalue weighted by atomic mass is 28.4. The average molecular weight is 270 g/mol. The predicted molar refractivity (Wildman–Crippen MR) is 80.2 cm³/mol. The summed E-state index contributed by atoms with van der Waals surface area (Å²) < 4.78 is 6.62. The molecule has 1 fully saturated rings. The Kier molecular flexibility index (Phi) is 6.61. The van der Waals surface area contributed by atoms with E-state index >= 15 is 0 Å². The van der Waals surface area contributed by atoms with Crippen LogP contribution in [0.4, 0.5) is 0 Å². The number of hydrogen-bond donors (Lipinski definition) is 1. The molecule has 0 aromatic heterocycles. The van der Waals surface area contributed by atoms with Crippen molar-refractivity contribution in [3.8, 4) is 0 Å². The minimum absolute atomic E-state index is 0.272. The fourth-order valence-electron chi connectivity index (χ4n) is 3.37. The van der Waals surface area contributed by atoms with Crippen molar-refractivity contribution in [3.63, 3.8) is 0 Å². The second-order valence-electron chi connectivity index (χ2n) is 5.55. The third-order valence-electron chi connectivity index (χ3n) is 4.91. The maximum Gasteiger partial charge on any atom is 0.192 e. The molecule has 0 saturated heterocycles. The zero-order valence-electron chi connectivity index (χ0n) is 12.3. The molecule has 18 heavy (non-hydrogen) atoms. The summed E-state index contributed by atoms with van der Waals surface area (Å²) >= 11 is 0. The molecular weight excluding hydrogens is 240 g/mol. The van der Waals surface area contributed by atoms with Gasteiger partial charge in [0.05, 0.1) is 0 Å². The topological polar surface area (TPSA) is 29.5 Å². The molecule has 0 aromatic carbocycles. The van der Waals surface area contributed by atoms with E-state index in [-0.39, 0.29) is 6.61 Å². The lowest BCUT2D eigenvalue weighted by Gasteiger charge is -2.35. The van der Waals surface area contributed by atoms with Gasteiger partial charge in [0.25, 0.3) is 0 Å². The lowest BCUT2D eigenvalue weighted by atomic mass is 9.92. The second kappa shape index (κ2) is 7.46. The summed E-state index contributed by atoms with van der Waals surface area (Å²) in [5.41, 5.74) is 0. The van der Waals surface area contributed by atoms with Crippen LogP contribution >= 0.6 is 0 Å². The van der Waals surface area contributed by atoms with E-state index < -0.39 is 8.32 Å². The SMILES string of the molecule is C=C[C@H]1CC[C@@H](O[Si](CC)(CC)CC)[C@H]1CCO. The van der Waals surface area contributed by atoms with Gasteiger partial charge in [0.2, 0.25) is 0 Å². The highest BCUT2D eigenvalue weighted by molar-refractivity contribution is 6.73. The highest BCUT2D eigenvalue weighted by Gasteiger charge is 2.40. The van der Waals surface area contributed by atoms with Crippen LogP contribution in [0.5, 0.6) is 0 Å². The van der Waals surface area contributed by atoms with Gasteiger partial charge < -0.3 is 9.53 Å². The van der Waals surface area contributed by atoms with Crippen molar-refractivity contribution < 1.29 is 9.53 Å². The zero-order valence-corrected chi connectivity index (χ0v) is 13.3. The number of allylic oxidation sites excluding steroid dienone is 1. The molecule has 0 heterocycles. The molecule has 0 bridgehead atoms. The Labute approximate surface area is 114 Å². The van der Waals surface area contributed by atoms with Gasteiger partial charge in [0, 0.05) is 12.7 Å². The van der Waals surface area contributed by atoms with Crippen LogP contribution in [0, 0.1) is 11.8 Å². The molecule has 1 N–H and O–H groups in total. The standard InChI is InChI=1S/C15H30O2Si/c1-5-13-9-10-15(14(13)11-12-16)17-18(6-2,7-3)8-4/h5,13-16H,1,6-12H2,2-4H3/t13-,14-,15+/m0/s1. The van der Waals surface area contributed by atoms with Crippen molar-refractivity contribution in [1.82, 2.24) is 0 Å². The van der Waals surface area contributed by atoms with Gasteiger partial charge in [0.1, 0.15) is 0 Å². The number of aliphatic hydroxyl groups is 1. The monoisotopic (exact) mass is 270 g/mol. The minimum atomic E-state index is -1.51. The van der Waals surface area contributed by atoms with Crippen molar-refractivity contribution in [1.29, 1.82) is 0 Å². The van der Waals surface area contributed by atoms with E-state index in [4.69, 9.17) is 4.43 Å². The molecular formula is C15H30O2Si. The molecule has 0 spiro atoms. The summed E-state index contributed by atoms with van der Waals surface area (Å²) in [5.74, 6) is 1.03. The van der Waals surface area contributed by atoms with Crippen LogP contribution in [-0.2, 0) is 4.43 Å². The molecule has 1 saturated carbocycles. The second-order valence-corrected chi connectivity index (χ2v) is 10.3. The lowest BCUT2D eigenvalue weighted by Crippen LogP contribution is -2.41. The zero-order chi connectivity index (χ0) is 13.6. The van der Waals surface area contributed by atoms with E-state index in [1.807, 2.05) is 0 Å². The smallest absolute Gasteiger partial charge is 0.192 e. The van der Waals surface area contributed by atoms with Gasteiger partial charge in [-0.15, -0.1) is 6.58 Å². The lowest BCUT2D eigenvalue weighted by molar-refractivity contribution is 0.114. The van der Waals surface area contributed by atoms with E-state index in [1.165, 1.54) is 24.6 Å². The van der Waals surface area contributed by atoms with Crippen molar-refractivity contribution in [3.05, 3.63) is 12.7 Å². The molecule has 1 aliphatic rings. The molecule has 0 aliphatic heterocycles. The van der Waals surface area contributed by atoms with Crippen molar-refractivity contribution >= 4 is 8.32 Å². The summed E-state index contributed by atoms with van der Waals surface area (Å²) in [6.07, 6.45) is 5.63. The molecule has 0 radical (unpaired) electrons. The van der Waals surface area contributed by atoms with E-state index in [0.717, 1.165) is 12.8 Å². The van der Waals surface area contributed by atoms with E-state index in [9.17, 15) is 5.11 Å². The number of hydrogen-bond acceptors (Lipinski definition) is 2. The first kappa shape index (κ1) is 15.9. The van der Waals surface area contributed by atoms with Crippen LogP contribution in [0.1, 0.15) is 40.0 Å². The molecule has 2 nitrogen and oxygen atoms in total. The van der Waals surface area contributed by atoms with E-state index in [2.05, 4.69) is 33.4 Å². The summed E-state index contributed by atoms with van der Waals surface area (Å²) in [6.45, 7) is 11.0. The Hall–Kier alpha value is -0.123. The first-order valence-corrected chi connectivity index (χ1v) is 10.1. The van der Waals surface area contributed by atoms with Crippen molar-refractivity contribution in [2.45, 2.75) is 64.3 Å². The fraction of sp³-hybridized carbons (Fsp3) is 0.867. The van der Waals surface area contributed by atoms with Gasteiger partial charge in [-0.05, 0) is 49.2 Å². The van der Waals surface area contributed by atoms with Crippen LogP contribution in [0.25, 0.3) is 0 Å². The first-order chi connectivity index (χ1) is 8.66. The maximum absolute atomic E-state index is 9.25. The molecule has 3 atom stereocenters. The quantitative estimate of drug-likeness (QED) is 0.534. The maximum atomic E-state index is 9.25. The van der Waals surface area contributed by atoms with Crippen molar-refractivity contribution in [2.24, 2.45) is 11.8 Å². The third-order valence-corrected chi connectivity index (χ3v) is 9.58. The molecule has 3 heteroatoms. The number of aliphatic hydroxyl groups excluding tert-OH is 1. The normalized spacial score (nSPS) is 28.6. The van der Waals surface area contributed by atoms with Crippen LogP contribution in [0.3, 0.4) is 0 Å². The molecule has 1 aliphatic carbocycles. The summed E-state index contributed by atoms with van der Waals surface area (Å²) in [4.78, 5) is 0. The molecule has 106 valence electrons. The summed E-state index contributed by atoms with van der Waals surface area (Å²) in [6, 6.07) is 3.63. The van der Waals surface area contributed by atoms with Gasteiger partial charge in [-0.2, -0.15) is 0 Å². The van der Waals surface area contributed by atoms with Gasteiger partial charge in [-0.3, -0.25) is 0 Å². The third kappa shape index (κ3) is 3.46. The minimum Gasteiger partial charge on any atom is -0.414 e. The van der Waals surface area contributed by atoms with Gasteiger partial charge in [-0.25, -0.2) is 0 Å². The average Bonchev–Trinajstić information content (AvgIpc) is 2.79. The first-order valence-electron chi connectivity index (χ1n) is 7.57. The molecule has 0 aromatic rings. The Morgan fingerprint density at radius 1 is 1.22 bits per heavy atom. The summed E-state index contributed by atoms with van der Waals surface area (Å²) in [7, 11) is -1.51. The fourth-order valence-corrected chi connectivity index (χ4v) is 6.30. The summed E-state index contributed by atoms with van der Waals surface area (Å²) in [5, 5.41) is 9.25. The van der Waals surface area contributed by atoms with Crippen LogP contribution in [0.2, 0.25) is 18.1 Å². The van der Waals surface area contributed by atoms with E-state index in [1.54, 1.807) is 0 Å². The Morgan fingerprint density at radius 3 is 2.28 bits per heavy atom. The molecule has 0 unspecified atom stereocenters. The van der Waals surface area contributed by atoms with E-state index in [0.29, 0.717) is 17.9 Å². The predicted octanol–water partition coefficient (Wildman–Crippen LogP) is 3.97. The number of rotatable bonds is 8. The van der Waals surface area contributed by atoms with Crippen molar-refractivity contribution in [2.75, 3.05) is 6.61 Å². The van der Waals surface area contributed by atoms with Crippen LogP contribution in [0.15, 0.2) is 12.7 Å². The van der Waals surface area contributed by atoms with Crippen LogP contribution in [-0.4, -0.2) is 26.1 Å². The highest BCUT2D eigenvalue weighted by Crippen LogP contribution is 2.40. The molecule has 0 amide bonds. The Balaban J connectivity index is 2.72. The van der Waals surface area contributed by atoms with Gasteiger partial charge >= 0.3 is 0 Å².